The number of nitrogens with zero attached hydrogens (tertiary/aromatic N) is 2. The molecule has 1 saturated heterocycles. The number of aromatic nitrogens is 1. The molecule has 5 rings (SSSR count). The molecule has 1 aromatic carbocycles. The molecule has 228 valence electrons. The summed E-state index contributed by atoms with van der Waals surface area (Å²) in [6.07, 6.45) is 5.01. The molecule has 2 heterocycles. The number of phosphoric acid groups is 1. The third-order valence-electron chi connectivity index (χ3n) is 9.12. The molecule has 2 saturated carbocycles. The predicted molar refractivity (Wildman–Crippen MR) is 151 cm³/mol. The van der Waals surface area contributed by atoms with E-state index in [9.17, 15) is 33.5 Å². The van der Waals surface area contributed by atoms with Crippen molar-refractivity contribution in [3.05, 3.63) is 30.0 Å². The maximum absolute atomic E-state index is 14.2. The second kappa shape index (κ2) is 12.3. The number of hydrogen-bond donors (Lipinski definition) is 3. The summed E-state index contributed by atoms with van der Waals surface area (Å²) in [6.45, 7) is 1.47. The topological polar surface area (TPSA) is 164 Å². The van der Waals surface area contributed by atoms with E-state index in [-0.39, 0.29) is 47.9 Å². The highest BCUT2D eigenvalue weighted by molar-refractivity contribution is 7.46. The minimum Gasteiger partial charge on any atom is -0.496 e. The lowest BCUT2D eigenvalue weighted by Gasteiger charge is -2.29. The molecule has 1 aliphatic heterocycles. The lowest BCUT2D eigenvalue weighted by atomic mass is 9.91. The van der Waals surface area contributed by atoms with Crippen LogP contribution in [0.5, 0.6) is 5.75 Å². The van der Waals surface area contributed by atoms with Crippen molar-refractivity contribution in [3.63, 3.8) is 0 Å². The van der Waals surface area contributed by atoms with Gasteiger partial charge in [-0.3, -0.25) is 23.7 Å². The van der Waals surface area contributed by atoms with E-state index in [1.807, 2.05) is 0 Å². The van der Waals surface area contributed by atoms with Crippen LogP contribution in [0.3, 0.4) is 0 Å². The van der Waals surface area contributed by atoms with Gasteiger partial charge in [-0.05, 0) is 62.1 Å². The number of Topliss-reactive ketones (excluding diaryl/α,β-unsaturated/α-hetero) is 2. The Balaban J connectivity index is 1.47. The van der Waals surface area contributed by atoms with E-state index in [4.69, 9.17) is 9.26 Å². The zero-order chi connectivity index (χ0) is 30.2. The van der Waals surface area contributed by atoms with Gasteiger partial charge in [0.25, 0.3) is 5.91 Å². The molecule has 0 bridgehead atoms. The number of rotatable bonds is 11. The maximum Gasteiger partial charge on any atom is 0.471 e. The van der Waals surface area contributed by atoms with Crippen LogP contribution in [-0.4, -0.2) is 68.4 Å². The molecule has 2 aliphatic carbocycles. The van der Waals surface area contributed by atoms with Crippen molar-refractivity contribution >= 4 is 42.1 Å². The molecule has 12 nitrogen and oxygen atoms in total. The van der Waals surface area contributed by atoms with E-state index < -0.39 is 38.5 Å². The minimum absolute atomic E-state index is 0.0850. The van der Waals surface area contributed by atoms with E-state index in [0.29, 0.717) is 36.0 Å². The minimum atomic E-state index is -4.87. The Hall–Kier alpha value is -3.05. The Morgan fingerprint density at radius 1 is 1.17 bits per heavy atom. The van der Waals surface area contributed by atoms with E-state index >= 15 is 0 Å². The van der Waals surface area contributed by atoms with Crippen molar-refractivity contribution in [2.75, 3.05) is 13.7 Å². The monoisotopic (exact) mass is 603 g/mol. The van der Waals surface area contributed by atoms with Crippen molar-refractivity contribution in [1.29, 1.82) is 0 Å². The molecule has 1 aromatic heterocycles. The Labute approximate surface area is 243 Å². The van der Waals surface area contributed by atoms with Crippen LogP contribution >= 0.6 is 7.82 Å². The highest BCUT2D eigenvalue weighted by atomic mass is 31.2. The first-order valence-electron chi connectivity index (χ1n) is 14.6. The van der Waals surface area contributed by atoms with Crippen molar-refractivity contribution in [2.45, 2.75) is 77.1 Å². The van der Waals surface area contributed by atoms with Gasteiger partial charge in [0.15, 0.2) is 5.78 Å². The fraction of sp³-hybridized carbons (Fsp3) is 0.586. The molecule has 0 spiro atoms. The van der Waals surface area contributed by atoms with Crippen LogP contribution in [-0.2, 0) is 30.2 Å². The third-order valence-corrected chi connectivity index (χ3v) is 9.58. The number of likely N-dealkylation sites (tertiary alicyclic amines) is 1. The first kappa shape index (κ1) is 30.4. The van der Waals surface area contributed by atoms with E-state index in [2.05, 4.69) is 5.32 Å². The summed E-state index contributed by atoms with van der Waals surface area (Å²) in [5, 5.41) is 3.47. The van der Waals surface area contributed by atoms with Gasteiger partial charge in [-0.15, -0.1) is 0 Å². The Morgan fingerprint density at radius 2 is 1.95 bits per heavy atom. The van der Waals surface area contributed by atoms with Crippen LogP contribution in [0, 0.1) is 17.8 Å². The summed E-state index contributed by atoms with van der Waals surface area (Å²) in [7, 11) is -3.38. The molecular formula is C29H38N3O9P. The average molecular weight is 604 g/mol. The number of methoxy groups -OCH3 is 1. The molecule has 42 heavy (non-hydrogen) atoms. The quantitative estimate of drug-likeness (QED) is 0.327. The summed E-state index contributed by atoms with van der Waals surface area (Å²) in [4.78, 5) is 73.6. The average Bonchev–Trinajstić information content (AvgIpc) is 3.73. The molecule has 2 amide bonds. The SMILES string of the molecule is CCC(=O)C(CC1CCCC1=O)NC(=O)C1C2CCCC2CN1C(=O)c1cc2c(OC)cccc2n1COP(=O)(O)O. The van der Waals surface area contributed by atoms with Crippen LogP contribution in [0.25, 0.3) is 10.9 Å². The molecule has 0 radical (unpaired) electrons. The molecule has 2 aromatic rings. The zero-order valence-corrected chi connectivity index (χ0v) is 24.8. The predicted octanol–water partition coefficient (Wildman–Crippen LogP) is 3.18. The Morgan fingerprint density at radius 3 is 2.62 bits per heavy atom. The van der Waals surface area contributed by atoms with Crippen molar-refractivity contribution in [3.8, 4) is 5.75 Å². The summed E-state index contributed by atoms with van der Waals surface area (Å²) >= 11 is 0. The molecular weight excluding hydrogens is 565 g/mol. The van der Waals surface area contributed by atoms with Gasteiger partial charge in [-0.25, -0.2) is 4.57 Å². The normalized spacial score (nSPS) is 24.7. The van der Waals surface area contributed by atoms with E-state index in [0.717, 1.165) is 25.7 Å². The maximum atomic E-state index is 14.2. The van der Waals surface area contributed by atoms with Gasteiger partial charge < -0.3 is 29.3 Å². The van der Waals surface area contributed by atoms with Gasteiger partial charge >= 0.3 is 7.82 Å². The number of ketones is 2. The van der Waals surface area contributed by atoms with E-state index in [1.165, 1.54) is 16.6 Å². The Bertz CT molecular complexity index is 1430. The first-order chi connectivity index (χ1) is 20.0. The van der Waals surface area contributed by atoms with Crippen LogP contribution in [0.2, 0.25) is 0 Å². The van der Waals surface area contributed by atoms with Crippen LogP contribution in [0.1, 0.15) is 68.8 Å². The number of phosphoric ester groups is 1. The molecule has 3 N–H and O–H groups in total. The number of benzene rings is 1. The molecule has 13 heteroatoms. The summed E-state index contributed by atoms with van der Waals surface area (Å²) in [6, 6.07) is 5.04. The molecule has 5 atom stereocenters. The van der Waals surface area contributed by atoms with Crippen molar-refractivity contribution < 1.29 is 42.8 Å². The number of ether oxygens (including phenoxy) is 1. The highest BCUT2D eigenvalue weighted by Gasteiger charge is 2.50. The molecule has 3 fully saturated rings. The van der Waals surface area contributed by atoms with Crippen molar-refractivity contribution in [2.24, 2.45) is 17.8 Å². The van der Waals surface area contributed by atoms with Gasteiger partial charge in [0.1, 0.15) is 30.0 Å². The van der Waals surface area contributed by atoms with Crippen LogP contribution in [0.15, 0.2) is 24.3 Å². The van der Waals surface area contributed by atoms with Gasteiger partial charge in [-0.1, -0.05) is 19.4 Å². The second-order valence-electron chi connectivity index (χ2n) is 11.5. The number of fused-ring (bicyclic) bond motifs is 2. The van der Waals surface area contributed by atoms with Crippen molar-refractivity contribution in [1.82, 2.24) is 14.8 Å². The fourth-order valence-corrected chi connectivity index (χ4v) is 7.34. The number of nitrogens with one attached hydrogen (secondary N) is 1. The lowest BCUT2D eigenvalue weighted by molar-refractivity contribution is -0.131. The van der Waals surface area contributed by atoms with Gasteiger partial charge in [0.05, 0.1) is 18.7 Å². The fourth-order valence-electron chi connectivity index (χ4n) is 7.08. The largest absolute Gasteiger partial charge is 0.496 e. The zero-order valence-electron chi connectivity index (χ0n) is 23.9. The number of hydrogen-bond acceptors (Lipinski definition) is 7. The Kier molecular flexibility index (Phi) is 8.89. The van der Waals surface area contributed by atoms with Crippen LogP contribution in [0.4, 0.5) is 0 Å². The van der Waals surface area contributed by atoms with Gasteiger partial charge in [0, 0.05) is 30.7 Å². The summed E-state index contributed by atoms with van der Waals surface area (Å²) in [5.74, 6) is -0.699. The second-order valence-corrected chi connectivity index (χ2v) is 12.8. The molecule has 3 aliphatic rings. The van der Waals surface area contributed by atoms with Crippen LogP contribution < -0.4 is 10.1 Å². The molecule has 5 unspecified atom stereocenters. The van der Waals surface area contributed by atoms with Gasteiger partial charge in [0.2, 0.25) is 5.91 Å². The number of amides is 2. The standard InChI is InChI=1S/C29H38N3O9P/c1-3-24(33)21(13-17-7-5-11-25(17)34)30-28(35)27-19-9-4-8-18(19)15-31(27)29(36)23-14-20-22(10-6-12-26(20)40-2)32(23)16-41-42(37,38)39/h6,10,12,14,17-19,21,27H,3-5,7-9,11,13,15-16H2,1-2H3,(H,30,35)(H2,37,38,39). The highest BCUT2D eigenvalue weighted by Crippen LogP contribution is 2.44. The number of carbonyl (C=O) groups is 4. The van der Waals surface area contributed by atoms with Gasteiger partial charge in [-0.2, -0.15) is 0 Å². The number of carbonyl (C=O) groups excluding carboxylic acids is 4. The van der Waals surface area contributed by atoms with E-state index in [1.54, 1.807) is 31.2 Å². The summed E-state index contributed by atoms with van der Waals surface area (Å²) < 4.78 is 23.2. The smallest absolute Gasteiger partial charge is 0.471 e. The lowest BCUT2D eigenvalue weighted by Crippen LogP contribution is -2.53. The first-order valence-corrected chi connectivity index (χ1v) is 16.1. The summed E-state index contributed by atoms with van der Waals surface area (Å²) in [5.41, 5.74) is 0.569. The third kappa shape index (κ3) is 6.04.